The van der Waals surface area contributed by atoms with E-state index in [2.05, 4.69) is 0 Å². The van der Waals surface area contributed by atoms with Crippen LogP contribution >= 0.6 is 0 Å². The van der Waals surface area contributed by atoms with Gasteiger partial charge >= 0.3 is 0 Å². The zero-order valence-electron chi connectivity index (χ0n) is 7.08. The van der Waals surface area contributed by atoms with Crippen molar-refractivity contribution in [3.63, 3.8) is 0 Å². The highest BCUT2D eigenvalue weighted by molar-refractivity contribution is 5.87. The third-order valence-electron chi connectivity index (χ3n) is 1.65. The van der Waals surface area contributed by atoms with E-state index in [-0.39, 0.29) is 18.6 Å². The lowest BCUT2D eigenvalue weighted by Crippen LogP contribution is -2.25. The van der Waals surface area contributed by atoms with Gasteiger partial charge in [0.05, 0.1) is 5.92 Å². The SMILES string of the molecule is CCC(=O)CC(CC=O)C(N)=O. The molecule has 68 valence electrons. The fourth-order valence-corrected chi connectivity index (χ4v) is 0.835. The second-order valence-corrected chi connectivity index (χ2v) is 2.60. The molecule has 0 fully saturated rings. The van der Waals surface area contributed by atoms with Gasteiger partial charge in [-0.15, -0.1) is 0 Å². The maximum Gasteiger partial charge on any atom is 0.221 e. The first-order valence-corrected chi connectivity index (χ1v) is 3.86. The third-order valence-corrected chi connectivity index (χ3v) is 1.65. The van der Waals surface area contributed by atoms with Gasteiger partial charge in [0.2, 0.25) is 5.91 Å². The first-order chi connectivity index (χ1) is 5.61. The van der Waals surface area contributed by atoms with Gasteiger partial charge in [-0.2, -0.15) is 0 Å². The number of amides is 1. The van der Waals surface area contributed by atoms with Crippen molar-refractivity contribution in [1.82, 2.24) is 0 Å². The molecule has 1 atom stereocenters. The molecule has 2 N–H and O–H groups in total. The van der Waals surface area contributed by atoms with E-state index in [0.717, 1.165) is 0 Å². The molecule has 0 aliphatic carbocycles. The number of primary amides is 1. The lowest BCUT2D eigenvalue weighted by atomic mass is 9.98. The fraction of sp³-hybridized carbons (Fsp3) is 0.625. The van der Waals surface area contributed by atoms with Crippen molar-refractivity contribution in [3.05, 3.63) is 0 Å². The van der Waals surface area contributed by atoms with Crippen molar-refractivity contribution < 1.29 is 14.4 Å². The molecule has 0 aliphatic rings. The topological polar surface area (TPSA) is 77.2 Å². The summed E-state index contributed by atoms with van der Waals surface area (Å²) in [5.74, 6) is -1.24. The van der Waals surface area contributed by atoms with Gasteiger partial charge in [0.15, 0.2) is 0 Å². The maximum absolute atomic E-state index is 10.9. The molecule has 0 aromatic rings. The zero-order chi connectivity index (χ0) is 9.56. The second-order valence-electron chi connectivity index (χ2n) is 2.60. The summed E-state index contributed by atoms with van der Waals surface area (Å²) in [7, 11) is 0. The molecule has 0 aromatic heterocycles. The van der Waals surface area contributed by atoms with Crippen molar-refractivity contribution in [2.45, 2.75) is 26.2 Å². The van der Waals surface area contributed by atoms with Crippen LogP contribution in [-0.4, -0.2) is 18.0 Å². The van der Waals surface area contributed by atoms with Crippen LogP contribution in [0, 0.1) is 5.92 Å². The molecule has 0 saturated heterocycles. The highest BCUT2D eigenvalue weighted by Gasteiger charge is 2.17. The van der Waals surface area contributed by atoms with E-state index in [1.165, 1.54) is 0 Å². The molecular formula is C8H13NO3. The van der Waals surface area contributed by atoms with Gasteiger partial charge in [-0.1, -0.05) is 6.92 Å². The Morgan fingerprint density at radius 2 is 2.08 bits per heavy atom. The molecule has 12 heavy (non-hydrogen) atoms. The highest BCUT2D eigenvalue weighted by Crippen LogP contribution is 2.07. The molecule has 0 spiro atoms. The Hall–Kier alpha value is -1.19. The molecule has 1 unspecified atom stereocenters. The van der Waals surface area contributed by atoms with Crippen LogP contribution in [0.4, 0.5) is 0 Å². The number of aldehydes is 1. The summed E-state index contributed by atoms with van der Waals surface area (Å²) in [5, 5.41) is 0. The van der Waals surface area contributed by atoms with E-state index in [1.54, 1.807) is 6.92 Å². The van der Waals surface area contributed by atoms with Crippen LogP contribution in [-0.2, 0) is 14.4 Å². The van der Waals surface area contributed by atoms with Crippen LogP contribution < -0.4 is 5.73 Å². The molecule has 0 heterocycles. The molecule has 0 aromatic carbocycles. The number of ketones is 1. The van der Waals surface area contributed by atoms with Gasteiger partial charge in [0.1, 0.15) is 12.1 Å². The van der Waals surface area contributed by atoms with Crippen LogP contribution in [0.15, 0.2) is 0 Å². The average molecular weight is 171 g/mol. The first kappa shape index (κ1) is 10.8. The average Bonchev–Trinajstić information content (AvgIpc) is 2.03. The molecule has 4 nitrogen and oxygen atoms in total. The Labute approximate surface area is 71.1 Å². The van der Waals surface area contributed by atoms with E-state index >= 15 is 0 Å². The molecule has 0 bridgehead atoms. The minimum absolute atomic E-state index is 0.0411. The first-order valence-electron chi connectivity index (χ1n) is 3.86. The molecule has 0 aliphatic heterocycles. The number of hydrogen-bond acceptors (Lipinski definition) is 3. The molecule has 4 heteroatoms. The normalized spacial score (nSPS) is 12.1. The van der Waals surface area contributed by atoms with Crippen molar-refractivity contribution >= 4 is 18.0 Å². The van der Waals surface area contributed by atoms with E-state index < -0.39 is 11.8 Å². The van der Waals surface area contributed by atoms with Crippen molar-refractivity contribution in [1.29, 1.82) is 0 Å². The Balaban J connectivity index is 4.03. The summed E-state index contributed by atoms with van der Waals surface area (Å²) in [6.07, 6.45) is 1.12. The van der Waals surface area contributed by atoms with Crippen LogP contribution in [0.5, 0.6) is 0 Å². The van der Waals surface area contributed by atoms with Crippen molar-refractivity contribution in [3.8, 4) is 0 Å². The molecule has 1 amide bonds. The Kier molecular flexibility index (Phi) is 4.92. The van der Waals surface area contributed by atoms with Gasteiger partial charge in [0.25, 0.3) is 0 Å². The zero-order valence-corrected chi connectivity index (χ0v) is 7.08. The summed E-state index contributed by atoms with van der Waals surface area (Å²) in [5.41, 5.74) is 4.98. The van der Waals surface area contributed by atoms with Gasteiger partial charge < -0.3 is 10.5 Å². The summed E-state index contributed by atoms with van der Waals surface area (Å²) in [6.45, 7) is 1.71. The number of Topliss-reactive ketones (excluding diaryl/α,β-unsaturated/α-hetero) is 1. The molecular weight excluding hydrogens is 158 g/mol. The van der Waals surface area contributed by atoms with Crippen molar-refractivity contribution in [2.24, 2.45) is 11.7 Å². The number of nitrogens with two attached hydrogens (primary N) is 1. The lowest BCUT2D eigenvalue weighted by molar-refractivity contribution is -0.128. The quantitative estimate of drug-likeness (QED) is 0.573. The van der Waals surface area contributed by atoms with Crippen LogP contribution in [0.1, 0.15) is 26.2 Å². The van der Waals surface area contributed by atoms with Crippen molar-refractivity contribution in [2.75, 3.05) is 0 Å². The smallest absolute Gasteiger partial charge is 0.221 e. The predicted molar refractivity (Wildman–Crippen MR) is 43.3 cm³/mol. The van der Waals surface area contributed by atoms with Crippen LogP contribution in [0.25, 0.3) is 0 Å². The van der Waals surface area contributed by atoms with E-state index in [4.69, 9.17) is 5.73 Å². The molecule has 0 saturated carbocycles. The van der Waals surface area contributed by atoms with Gasteiger partial charge in [-0.05, 0) is 0 Å². The summed E-state index contributed by atoms with van der Waals surface area (Å²) in [6, 6.07) is 0. The predicted octanol–water partition coefficient (Wildman–Crippen LogP) is 0.0461. The Morgan fingerprint density at radius 3 is 2.42 bits per heavy atom. The van der Waals surface area contributed by atoms with Crippen LogP contribution in [0.3, 0.4) is 0 Å². The number of rotatable bonds is 6. The Morgan fingerprint density at radius 1 is 1.50 bits per heavy atom. The minimum atomic E-state index is -0.616. The lowest BCUT2D eigenvalue weighted by Gasteiger charge is -2.06. The summed E-state index contributed by atoms with van der Waals surface area (Å²) >= 11 is 0. The standard InChI is InChI=1S/C8H13NO3/c1-2-7(11)5-6(3-4-10)8(9)12/h4,6H,2-3,5H2,1H3,(H2,9,12). The minimum Gasteiger partial charge on any atom is -0.369 e. The largest absolute Gasteiger partial charge is 0.369 e. The number of hydrogen-bond donors (Lipinski definition) is 1. The monoisotopic (exact) mass is 171 g/mol. The third kappa shape index (κ3) is 3.85. The maximum atomic E-state index is 10.9. The van der Waals surface area contributed by atoms with E-state index in [9.17, 15) is 14.4 Å². The van der Waals surface area contributed by atoms with E-state index in [1.807, 2.05) is 0 Å². The van der Waals surface area contributed by atoms with Crippen LogP contribution in [0.2, 0.25) is 0 Å². The van der Waals surface area contributed by atoms with Gasteiger partial charge in [-0.3, -0.25) is 9.59 Å². The second kappa shape index (κ2) is 5.46. The summed E-state index contributed by atoms with van der Waals surface area (Å²) < 4.78 is 0. The summed E-state index contributed by atoms with van der Waals surface area (Å²) in [4.78, 5) is 31.6. The van der Waals surface area contributed by atoms with Gasteiger partial charge in [-0.25, -0.2) is 0 Å². The number of carbonyl (C=O) groups is 3. The Bertz CT molecular complexity index is 189. The number of carbonyl (C=O) groups excluding carboxylic acids is 3. The highest BCUT2D eigenvalue weighted by atomic mass is 16.1. The molecule has 0 rings (SSSR count). The van der Waals surface area contributed by atoms with Gasteiger partial charge in [0, 0.05) is 19.3 Å². The van der Waals surface area contributed by atoms with E-state index in [0.29, 0.717) is 12.7 Å². The molecule has 0 radical (unpaired) electrons. The fourth-order valence-electron chi connectivity index (χ4n) is 0.835.